The predicted molar refractivity (Wildman–Crippen MR) is 161 cm³/mol. The molecule has 12 heteroatoms. The van der Waals surface area contributed by atoms with Gasteiger partial charge in [0.1, 0.15) is 18.0 Å². The van der Waals surface area contributed by atoms with Crippen molar-refractivity contribution in [2.75, 3.05) is 50.5 Å². The molecule has 1 atom stereocenters. The van der Waals surface area contributed by atoms with E-state index in [1.54, 1.807) is 25.5 Å². The Kier molecular flexibility index (Phi) is 9.05. The average molecular weight is 593 g/mol. The number of nitrogens with zero attached hydrogens (tertiary/aromatic N) is 6. The number of aromatic nitrogens is 4. The number of carbonyl (C=O) groups excluding carboxylic acids is 1. The van der Waals surface area contributed by atoms with Crippen LogP contribution in [-0.4, -0.2) is 83.2 Å². The van der Waals surface area contributed by atoms with E-state index in [-0.39, 0.29) is 17.9 Å². The zero-order valence-electron chi connectivity index (χ0n) is 24.4. The van der Waals surface area contributed by atoms with Gasteiger partial charge in [0.25, 0.3) is 5.91 Å². The summed E-state index contributed by atoms with van der Waals surface area (Å²) in [5, 5.41) is 6.89. The number of rotatable bonds is 9. The Morgan fingerprint density at radius 3 is 2.58 bits per heavy atom. The first-order valence-corrected chi connectivity index (χ1v) is 14.3. The molecule has 0 saturated carbocycles. The number of para-hydroxylation sites is 1. The van der Waals surface area contributed by atoms with Crippen LogP contribution in [0.1, 0.15) is 41.6 Å². The maximum absolute atomic E-state index is 12.7. The van der Waals surface area contributed by atoms with E-state index in [0.29, 0.717) is 43.9 Å². The number of carbonyl (C=O) groups is 1. The van der Waals surface area contributed by atoms with E-state index in [2.05, 4.69) is 37.5 Å². The molecule has 43 heavy (non-hydrogen) atoms. The Labute approximate surface area is 248 Å². The third-order valence-corrected chi connectivity index (χ3v) is 7.97. The third kappa shape index (κ3) is 7.19. The van der Waals surface area contributed by atoms with Crippen LogP contribution < -0.4 is 15.5 Å². The summed E-state index contributed by atoms with van der Waals surface area (Å²) in [6.45, 7) is 2.65. The highest BCUT2D eigenvalue weighted by Gasteiger charge is 2.33. The first-order chi connectivity index (χ1) is 20.6. The molecule has 4 aromatic rings. The monoisotopic (exact) mass is 592 g/mol. The highest BCUT2D eigenvalue weighted by atomic mass is 19.4. The standard InChI is InChI=1S/C31H35F3N8O/c1-20(23-5-4-6-24-25(30(43)35-2)9-12-36-29(23)24)16-37-27-15-26(39-19-40-27)21-7-8-28(38-17-21)41(3)22-10-13-42(14-11-22)18-31(32,33)34/h4-9,12,15,17,19-20,22H,10-11,13-14,16,18H2,1-3H3,(H,35,43)(H,37,39,40). The second kappa shape index (κ2) is 12.9. The number of alkyl halides is 3. The Bertz CT molecular complexity index is 1560. The number of amides is 1. The minimum atomic E-state index is -4.17. The number of halogens is 3. The first-order valence-electron chi connectivity index (χ1n) is 14.3. The van der Waals surface area contributed by atoms with Gasteiger partial charge in [-0.25, -0.2) is 15.0 Å². The summed E-state index contributed by atoms with van der Waals surface area (Å²) in [5.41, 5.74) is 3.96. The molecule has 1 saturated heterocycles. The molecule has 4 heterocycles. The van der Waals surface area contributed by atoms with Crippen molar-refractivity contribution in [1.29, 1.82) is 0 Å². The number of pyridine rings is 2. The zero-order valence-corrected chi connectivity index (χ0v) is 24.4. The van der Waals surface area contributed by atoms with Crippen LogP contribution in [-0.2, 0) is 0 Å². The molecule has 5 rings (SSSR count). The normalized spacial score (nSPS) is 15.3. The van der Waals surface area contributed by atoms with Crippen LogP contribution in [0.2, 0.25) is 0 Å². The molecule has 0 spiro atoms. The van der Waals surface area contributed by atoms with Gasteiger partial charge in [0, 0.05) is 75.1 Å². The lowest BCUT2D eigenvalue weighted by Crippen LogP contribution is -2.46. The Balaban J connectivity index is 1.22. The average Bonchev–Trinajstić information content (AvgIpc) is 3.02. The number of likely N-dealkylation sites (tertiary alicyclic amines) is 1. The van der Waals surface area contributed by atoms with E-state index in [4.69, 9.17) is 0 Å². The lowest BCUT2D eigenvalue weighted by atomic mass is 9.96. The number of nitrogens with one attached hydrogen (secondary N) is 2. The van der Waals surface area contributed by atoms with Crippen LogP contribution in [0.3, 0.4) is 0 Å². The lowest BCUT2D eigenvalue weighted by molar-refractivity contribution is -0.147. The molecule has 1 unspecified atom stereocenters. The topological polar surface area (TPSA) is 99.2 Å². The number of anilines is 2. The number of piperidine rings is 1. The van der Waals surface area contributed by atoms with E-state index in [9.17, 15) is 18.0 Å². The molecule has 2 N–H and O–H groups in total. The maximum atomic E-state index is 12.7. The Hall–Kier alpha value is -4.32. The highest BCUT2D eigenvalue weighted by molar-refractivity contribution is 6.06. The molecule has 1 amide bonds. The highest BCUT2D eigenvalue weighted by Crippen LogP contribution is 2.28. The summed E-state index contributed by atoms with van der Waals surface area (Å²) in [4.78, 5) is 33.8. The van der Waals surface area contributed by atoms with Crippen LogP contribution in [0.25, 0.3) is 22.2 Å². The van der Waals surface area contributed by atoms with Gasteiger partial charge in [-0.1, -0.05) is 25.1 Å². The van der Waals surface area contributed by atoms with Gasteiger partial charge < -0.3 is 15.5 Å². The molecule has 226 valence electrons. The van der Waals surface area contributed by atoms with Gasteiger partial charge >= 0.3 is 6.18 Å². The molecule has 1 aliphatic rings. The third-order valence-electron chi connectivity index (χ3n) is 7.97. The van der Waals surface area contributed by atoms with Gasteiger partial charge in [-0.15, -0.1) is 0 Å². The Morgan fingerprint density at radius 2 is 1.88 bits per heavy atom. The minimum Gasteiger partial charge on any atom is -0.369 e. The van der Waals surface area contributed by atoms with Crippen molar-refractivity contribution in [2.45, 2.75) is 37.9 Å². The lowest BCUT2D eigenvalue weighted by Gasteiger charge is -2.37. The van der Waals surface area contributed by atoms with Gasteiger partial charge in [0.2, 0.25) is 0 Å². The largest absolute Gasteiger partial charge is 0.401 e. The quantitative estimate of drug-likeness (QED) is 0.276. The second-order valence-corrected chi connectivity index (χ2v) is 10.9. The van der Waals surface area contributed by atoms with Crippen LogP contribution in [0.5, 0.6) is 0 Å². The minimum absolute atomic E-state index is 0.0753. The van der Waals surface area contributed by atoms with Crippen LogP contribution in [0, 0.1) is 0 Å². The molecule has 1 aromatic carbocycles. The van der Waals surface area contributed by atoms with Crippen molar-refractivity contribution in [3.8, 4) is 11.3 Å². The number of benzene rings is 1. The van der Waals surface area contributed by atoms with E-state index < -0.39 is 12.7 Å². The predicted octanol–water partition coefficient (Wildman–Crippen LogP) is 5.12. The molecular formula is C31H35F3N8O. The van der Waals surface area contributed by atoms with Crippen molar-refractivity contribution >= 4 is 28.4 Å². The van der Waals surface area contributed by atoms with Gasteiger partial charge in [0.15, 0.2) is 0 Å². The summed E-state index contributed by atoms with van der Waals surface area (Å²) in [5.74, 6) is 1.36. The molecule has 0 radical (unpaired) electrons. The summed E-state index contributed by atoms with van der Waals surface area (Å²) < 4.78 is 38.2. The summed E-state index contributed by atoms with van der Waals surface area (Å²) in [6, 6.07) is 13.5. The second-order valence-electron chi connectivity index (χ2n) is 10.9. The fourth-order valence-electron chi connectivity index (χ4n) is 5.56. The molecule has 1 aliphatic heterocycles. The molecule has 1 fully saturated rings. The van der Waals surface area contributed by atoms with Gasteiger partial charge in [-0.3, -0.25) is 14.7 Å². The van der Waals surface area contributed by atoms with Crippen molar-refractivity contribution in [3.63, 3.8) is 0 Å². The van der Waals surface area contributed by atoms with Crippen LogP contribution in [0.4, 0.5) is 24.8 Å². The van der Waals surface area contributed by atoms with Gasteiger partial charge in [-0.05, 0) is 36.6 Å². The van der Waals surface area contributed by atoms with Crippen molar-refractivity contribution in [2.24, 2.45) is 0 Å². The van der Waals surface area contributed by atoms with Crippen molar-refractivity contribution in [3.05, 3.63) is 72.3 Å². The molecule has 9 nitrogen and oxygen atoms in total. The zero-order chi connectivity index (χ0) is 30.6. The van der Waals surface area contributed by atoms with Crippen molar-refractivity contribution < 1.29 is 18.0 Å². The summed E-state index contributed by atoms with van der Waals surface area (Å²) in [7, 11) is 3.55. The van der Waals surface area contributed by atoms with E-state index in [0.717, 1.165) is 33.5 Å². The summed E-state index contributed by atoms with van der Waals surface area (Å²) in [6.07, 6.45) is 2.06. The number of hydrogen-bond acceptors (Lipinski definition) is 8. The number of fused-ring (bicyclic) bond motifs is 1. The van der Waals surface area contributed by atoms with Crippen LogP contribution >= 0.6 is 0 Å². The molecule has 0 bridgehead atoms. The van der Waals surface area contributed by atoms with Gasteiger partial charge in [-0.2, -0.15) is 13.2 Å². The van der Waals surface area contributed by atoms with E-state index >= 15 is 0 Å². The number of hydrogen-bond donors (Lipinski definition) is 2. The van der Waals surface area contributed by atoms with Crippen LogP contribution in [0.15, 0.2) is 61.2 Å². The SMILES string of the molecule is CNC(=O)c1ccnc2c(C(C)CNc3cc(-c4ccc(N(C)C5CCN(CC(F)(F)F)CC5)nc4)ncn3)cccc12. The molecule has 3 aromatic heterocycles. The fourth-order valence-corrected chi connectivity index (χ4v) is 5.56. The summed E-state index contributed by atoms with van der Waals surface area (Å²) >= 11 is 0. The molecular weight excluding hydrogens is 557 g/mol. The Morgan fingerprint density at radius 1 is 1.09 bits per heavy atom. The van der Waals surface area contributed by atoms with Gasteiger partial charge in [0.05, 0.1) is 23.3 Å². The first kappa shape index (κ1) is 30.1. The maximum Gasteiger partial charge on any atom is 0.401 e. The molecule has 0 aliphatic carbocycles. The smallest absolute Gasteiger partial charge is 0.369 e. The van der Waals surface area contributed by atoms with E-state index in [1.807, 2.05) is 48.3 Å². The van der Waals surface area contributed by atoms with Crippen molar-refractivity contribution in [1.82, 2.24) is 30.2 Å². The fraction of sp³-hybridized carbons (Fsp3) is 0.387. The van der Waals surface area contributed by atoms with E-state index in [1.165, 1.54) is 11.2 Å².